The summed E-state index contributed by atoms with van der Waals surface area (Å²) in [6.07, 6.45) is 75.2. The van der Waals surface area contributed by atoms with Crippen molar-refractivity contribution in [3.63, 3.8) is 0 Å². The molecule has 0 N–H and O–H groups in total. The summed E-state index contributed by atoms with van der Waals surface area (Å²) < 4.78 is 16.7. The first-order valence-corrected chi connectivity index (χ1v) is 29.9. The molecule has 0 saturated carbocycles. The van der Waals surface area contributed by atoms with Crippen LogP contribution in [0, 0.1) is 0 Å². The average Bonchev–Trinajstić information content (AvgIpc) is 3.36. The van der Waals surface area contributed by atoms with Gasteiger partial charge in [-0.3, -0.25) is 14.4 Å². The Bertz CT molecular complexity index is 1310. The Hall–Kier alpha value is -3.15. The van der Waals surface area contributed by atoms with Crippen molar-refractivity contribution in [2.45, 2.75) is 303 Å². The Labute approximate surface area is 433 Å². The van der Waals surface area contributed by atoms with Crippen LogP contribution in [0.15, 0.2) is 72.9 Å². The number of carbonyl (C=O) groups is 3. The van der Waals surface area contributed by atoms with Gasteiger partial charge < -0.3 is 14.2 Å². The van der Waals surface area contributed by atoms with Crippen LogP contribution in [-0.2, 0) is 28.6 Å². The third-order valence-corrected chi connectivity index (χ3v) is 12.9. The fourth-order valence-electron chi connectivity index (χ4n) is 8.46. The van der Waals surface area contributed by atoms with E-state index in [2.05, 4.69) is 81.5 Å². The largest absolute Gasteiger partial charge is 0.462 e. The normalized spacial score (nSPS) is 12.6. The summed E-state index contributed by atoms with van der Waals surface area (Å²) in [5.41, 5.74) is 0. The molecule has 0 aromatic rings. The second kappa shape index (κ2) is 58.4. The van der Waals surface area contributed by atoms with Gasteiger partial charge in [-0.2, -0.15) is 0 Å². The maximum absolute atomic E-state index is 12.8. The lowest BCUT2D eigenvalue weighted by molar-refractivity contribution is -0.166. The Morgan fingerprint density at radius 3 is 0.986 bits per heavy atom. The summed E-state index contributed by atoms with van der Waals surface area (Å²) in [6.45, 7) is 6.41. The van der Waals surface area contributed by atoms with E-state index in [1.807, 2.05) is 12.2 Å². The topological polar surface area (TPSA) is 78.9 Å². The van der Waals surface area contributed by atoms with Gasteiger partial charge in [-0.05, 0) is 89.9 Å². The van der Waals surface area contributed by atoms with Gasteiger partial charge in [0.05, 0.1) is 0 Å². The van der Waals surface area contributed by atoms with Crippen molar-refractivity contribution >= 4 is 17.9 Å². The molecule has 6 nitrogen and oxygen atoms in total. The summed E-state index contributed by atoms with van der Waals surface area (Å²) in [5, 5.41) is 0. The molecule has 1 unspecified atom stereocenters. The molecule has 0 aliphatic rings. The Morgan fingerprint density at radius 2 is 0.614 bits per heavy atom. The number of unbranched alkanes of at least 4 members (excludes halogenated alkanes) is 31. The van der Waals surface area contributed by atoms with Gasteiger partial charge in [0.2, 0.25) is 0 Å². The molecule has 0 radical (unpaired) electrons. The number of hydrogen-bond acceptors (Lipinski definition) is 6. The lowest BCUT2D eigenvalue weighted by Gasteiger charge is -2.18. The zero-order chi connectivity index (χ0) is 50.7. The molecule has 0 saturated heterocycles. The predicted molar refractivity (Wildman–Crippen MR) is 302 cm³/mol. The van der Waals surface area contributed by atoms with Gasteiger partial charge in [0.15, 0.2) is 6.10 Å². The van der Waals surface area contributed by atoms with Crippen LogP contribution in [0.5, 0.6) is 0 Å². The summed E-state index contributed by atoms with van der Waals surface area (Å²) in [4.78, 5) is 38.0. The summed E-state index contributed by atoms with van der Waals surface area (Å²) >= 11 is 0. The standard InChI is InChI=1S/C64H112O6/c1-4-7-10-13-16-19-22-24-25-26-27-28-29-30-31-32-33-34-35-36-37-38-39-41-42-45-48-51-54-57-63(66)69-60-61(59-68-62(65)56-53-50-47-44-21-18-15-12-9-6-3)70-64(67)58-55-52-49-46-43-40-23-20-17-14-11-8-5-2/h8,11-12,15,17,20,26-27,40,43,49,52,61H,4-7,9-10,13-14,16,18-19,21-25,28-39,41-42,44-48,50-51,53-60H2,1-3H3/b11-8-,15-12-,20-17-,27-26-,43-40-,52-49-. The minimum Gasteiger partial charge on any atom is -0.462 e. The van der Waals surface area contributed by atoms with E-state index in [1.54, 1.807) is 0 Å². The molecule has 70 heavy (non-hydrogen) atoms. The van der Waals surface area contributed by atoms with Crippen LogP contribution in [0.2, 0.25) is 0 Å². The monoisotopic (exact) mass is 977 g/mol. The van der Waals surface area contributed by atoms with Gasteiger partial charge in [-0.25, -0.2) is 0 Å². The lowest BCUT2D eigenvalue weighted by atomic mass is 10.0. The van der Waals surface area contributed by atoms with Crippen LogP contribution in [0.1, 0.15) is 297 Å². The van der Waals surface area contributed by atoms with Gasteiger partial charge in [-0.15, -0.1) is 0 Å². The lowest BCUT2D eigenvalue weighted by Crippen LogP contribution is -2.30. The molecule has 0 amide bonds. The van der Waals surface area contributed by atoms with Crippen molar-refractivity contribution in [2.75, 3.05) is 13.2 Å². The van der Waals surface area contributed by atoms with Crippen molar-refractivity contribution in [3.8, 4) is 0 Å². The van der Waals surface area contributed by atoms with E-state index >= 15 is 0 Å². The molecule has 404 valence electrons. The molecule has 0 aliphatic carbocycles. The minimum atomic E-state index is -0.815. The zero-order valence-corrected chi connectivity index (χ0v) is 46.3. The molecule has 0 spiro atoms. The fraction of sp³-hybridized carbons (Fsp3) is 0.766. The van der Waals surface area contributed by atoms with Gasteiger partial charge >= 0.3 is 17.9 Å². The van der Waals surface area contributed by atoms with E-state index in [9.17, 15) is 14.4 Å². The number of ether oxygens (including phenoxy) is 3. The van der Waals surface area contributed by atoms with Gasteiger partial charge in [0, 0.05) is 19.3 Å². The molecule has 0 aromatic carbocycles. The molecule has 0 heterocycles. The molecule has 6 heteroatoms. The van der Waals surface area contributed by atoms with Crippen LogP contribution in [0.4, 0.5) is 0 Å². The number of esters is 3. The third kappa shape index (κ3) is 55.8. The van der Waals surface area contributed by atoms with Gasteiger partial charge in [0.1, 0.15) is 13.2 Å². The minimum absolute atomic E-state index is 0.105. The first-order chi connectivity index (χ1) is 34.5. The zero-order valence-electron chi connectivity index (χ0n) is 46.3. The first kappa shape index (κ1) is 66.9. The Balaban J connectivity index is 4.14. The molecule has 0 bridgehead atoms. The second-order valence-electron chi connectivity index (χ2n) is 19.9. The highest BCUT2D eigenvalue weighted by atomic mass is 16.6. The van der Waals surface area contributed by atoms with Crippen molar-refractivity contribution in [1.82, 2.24) is 0 Å². The maximum atomic E-state index is 12.8. The fourth-order valence-corrected chi connectivity index (χ4v) is 8.46. The van der Waals surface area contributed by atoms with E-state index in [0.717, 1.165) is 83.5 Å². The number of allylic oxidation sites excluding steroid dienone is 12. The second-order valence-corrected chi connectivity index (χ2v) is 19.9. The molecular weight excluding hydrogens is 865 g/mol. The SMILES string of the molecule is CC/C=C\C/C=C\C/C=C\C/C=C\CCC(=O)OC(COC(=O)CCCCCCC/C=C\CCC)COC(=O)CCCCCCCCCCCCCCCCCCC/C=C\CCCCCCCCCC. The van der Waals surface area contributed by atoms with Crippen molar-refractivity contribution in [2.24, 2.45) is 0 Å². The van der Waals surface area contributed by atoms with E-state index in [1.165, 1.54) is 167 Å². The molecule has 0 fully saturated rings. The molecule has 0 aliphatic heterocycles. The Morgan fingerprint density at radius 1 is 0.300 bits per heavy atom. The van der Waals surface area contributed by atoms with Crippen molar-refractivity contribution in [1.29, 1.82) is 0 Å². The van der Waals surface area contributed by atoms with Crippen LogP contribution in [0.3, 0.4) is 0 Å². The van der Waals surface area contributed by atoms with Gasteiger partial charge in [-0.1, -0.05) is 261 Å². The molecule has 0 rings (SSSR count). The van der Waals surface area contributed by atoms with E-state index in [4.69, 9.17) is 14.2 Å². The Kier molecular flexibility index (Phi) is 55.8. The van der Waals surface area contributed by atoms with Gasteiger partial charge in [0.25, 0.3) is 0 Å². The average molecular weight is 978 g/mol. The first-order valence-electron chi connectivity index (χ1n) is 29.9. The smallest absolute Gasteiger partial charge is 0.306 e. The van der Waals surface area contributed by atoms with Crippen molar-refractivity contribution in [3.05, 3.63) is 72.9 Å². The maximum Gasteiger partial charge on any atom is 0.306 e. The summed E-state index contributed by atoms with van der Waals surface area (Å²) in [7, 11) is 0. The number of hydrogen-bond donors (Lipinski definition) is 0. The van der Waals surface area contributed by atoms with E-state index < -0.39 is 12.1 Å². The van der Waals surface area contributed by atoms with Crippen LogP contribution < -0.4 is 0 Å². The number of rotatable bonds is 54. The quantitative estimate of drug-likeness (QED) is 0.0261. The van der Waals surface area contributed by atoms with Crippen LogP contribution in [-0.4, -0.2) is 37.2 Å². The van der Waals surface area contributed by atoms with Crippen LogP contribution in [0.25, 0.3) is 0 Å². The summed E-state index contributed by atoms with van der Waals surface area (Å²) in [5.74, 6) is -0.992. The van der Waals surface area contributed by atoms with Crippen LogP contribution >= 0.6 is 0 Å². The molecule has 1 atom stereocenters. The molecule has 0 aromatic heterocycles. The van der Waals surface area contributed by atoms with E-state index in [-0.39, 0.29) is 31.6 Å². The van der Waals surface area contributed by atoms with E-state index in [0.29, 0.717) is 19.3 Å². The molecular formula is C64H112O6. The predicted octanol–water partition coefficient (Wildman–Crippen LogP) is 20.2. The number of carbonyl (C=O) groups excluding carboxylic acids is 3. The highest BCUT2D eigenvalue weighted by molar-refractivity contribution is 5.71. The van der Waals surface area contributed by atoms with Crippen molar-refractivity contribution < 1.29 is 28.6 Å². The highest BCUT2D eigenvalue weighted by Crippen LogP contribution is 2.16. The third-order valence-electron chi connectivity index (χ3n) is 12.9. The highest BCUT2D eigenvalue weighted by Gasteiger charge is 2.19. The summed E-state index contributed by atoms with van der Waals surface area (Å²) in [6, 6.07) is 0.